The average Bonchev–Trinajstić information content (AvgIpc) is 3.66. The molecule has 3 N–H and O–H groups in total. The number of rotatable bonds is 69. The van der Waals surface area contributed by atoms with Crippen LogP contribution in [-0.2, 0) is 32.7 Å². The summed E-state index contributed by atoms with van der Waals surface area (Å²) < 4.78 is 33.2. The quantitative estimate of drug-likeness (QED) is 0.0264. The Morgan fingerprint density at radius 3 is 0.865 bits per heavy atom. The first-order valence-electron chi connectivity index (χ1n) is 37.0. The van der Waals surface area contributed by atoms with Crippen LogP contribution in [-0.4, -0.2) is 49.3 Å². The summed E-state index contributed by atoms with van der Waals surface area (Å²) in [6.07, 6.45) is 103. The van der Waals surface area contributed by atoms with Crippen molar-refractivity contribution in [2.75, 3.05) is 26.4 Å². The van der Waals surface area contributed by atoms with Crippen LogP contribution in [0.25, 0.3) is 0 Å². The zero-order valence-corrected chi connectivity index (χ0v) is 58.5. The first kappa shape index (κ1) is 85.4. The number of carbonyl (C=O) groups excluding carboxylic acids is 2. The molecule has 0 rings (SSSR count). The van der Waals surface area contributed by atoms with E-state index in [1.54, 1.807) is 0 Å². The van der Waals surface area contributed by atoms with Gasteiger partial charge in [-0.15, -0.1) is 0 Å². The van der Waals surface area contributed by atoms with Crippen LogP contribution in [0.3, 0.4) is 0 Å². The molecule has 9 nitrogen and oxygen atoms in total. The van der Waals surface area contributed by atoms with E-state index in [1.807, 2.05) is 0 Å². The third-order valence-electron chi connectivity index (χ3n) is 15.8. The standard InChI is InChI=1S/C79H138NO8P/c1-3-5-7-9-11-13-15-17-19-21-23-25-27-29-31-33-35-37-38-40-42-44-46-48-50-52-54-56-58-60-62-64-66-68-70-72-79(82)88-77(76-87-89(83,84)86-74-73-80)75-85-78(81)71-69-67-65-63-61-59-57-55-53-51-49-47-45-43-41-39-36-34-32-30-28-26-24-22-20-18-16-14-12-10-8-6-4-2/h5-8,11-14,17-20,23-26,29,31,35,37,77H,3-4,9-10,15-16,21-22,27-28,30,32-34,36,38-76,80H2,1-2H3,(H,83,84)/b7-5-,8-6-,13-11-,14-12-,19-17-,20-18-,25-23-,26-24-,31-29-,37-35-. The Labute approximate surface area is 549 Å². The second-order valence-corrected chi connectivity index (χ2v) is 25.9. The van der Waals surface area contributed by atoms with Gasteiger partial charge in [-0.1, -0.05) is 341 Å². The predicted molar refractivity (Wildman–Crippen MR) is 385 cm³/mol. The van der Waals surface area contributed by atoms with E-state index in [0.717, 1.165) is 103 Å². The van der Waals surface area contributed by atoms with Crippen LogP contribution in [0, 0.1) is 0 Å². The van der Waals surface area contributed by atoms with Crippen molar-refractivity contribution < 1.29 is 37.6 Å². The fourth-order valence-electron chi connectivity index (χ4n) is 10.5. The normalized spacial score (nSPS) is 13.6. The minimum Gasteiger partial charge on any atom is -0.462 e. The van der Waals surface area contributed by atoms with Crippen molar-refractivity contribution in [1.82, 2.24) is 0 Å². The summed E-state index contributed by atoms with van der Waals surface area (Å²) in [5.74, 6) is -0.817. The van der Waals surface area contributed by atoms with Gasteiger partial charge in [0.25, 0.3) is 0 Å². The van der Waals surface area contributed by atoms with Crippen molar-refractivity contribution >= 4 is 19.8 Å². The molecule has 0 saturated carbocycles. The Morgan fingerprint density at radius 1 is 0.337 bits per heavy atom. The van der Waals surface area contributed by atoms with E-state index >= 15 is 0 Å². The number of ether oxygens (including phenoxy) is 2. The van der Waals surface area contributed by atoms with Gasteiger partial charge in [-0.25, -0.2) is 4.57 Å². The third-order valence-corrected chi connectivity index (χ3v) is 16.8. The molecule has 0 aliphatic carbocycles. The Hall–Kier alpha value is -3.59. The number of carbonyl (C=O) groups is 2. The van der Waals surface area contributed by atoms with E-state index in [1.165, 1.54) is 199 Å². The van der Waals surface area contributed by atoms with Gasteiger partial charge in [0.15, 0.2) is 6.10 Å². The van der Waals surface area contributed by atoms with Crippen LogP contribution >= 0.6 is 7.82 Å². The molecule has 0 bridgehead atoms. The second-order valence-electron chi connectivity index (χ2n) is 24.4. The van der Waals surface area contributed by atoms with Crippen molar-refractivity contribution in [2.24, 2.45) is 5.73 Å². The molecule has 512 valence electrons. The highest BCUT2D eigenvalue weighted by molar-refractivity contribution is 7.47. The average molecular weight is 1260 g/mol. The summed E-state index contributed by atoms with van der Waals surface area (Å²) in [5.41, 5.74) is 5.41. The maximum atomic E-state index is 12.8. The van der Waals surface area contributed by atoms with Gasteiger partial charge in [-0.05, 0) is 103 Å². The molecule has 0 spiro atoms. The van der Waals surface area contributed by atoms with Crippen molar-refractivity contribution in [1.29, 1.82) is 0 Å². The van der Waals surface area contributed by atoms with Crippen LogP contribution in [0.2, 0.25) is 0 Å². The minimum absolute atomic E-state index is 0.0512. The van der Waals surface area contributed by atoms with Crippen molar-refractivity contribution in [3.8, 4) is 0 Å². The van der Waals surface area contributed by atoms with Crippen LogP contribution in [0.4, 0.5) is 0 Å². The maximum absolute atomic E-state index is 12.8. The zero-order valence-electron chi connectivity index (χ0n) is 57.6. The van der Waals surface area contributed by atoms with Gasteiger partial charge in [0, 0.05) is 19.4 Å². The van der Waals surface area contributed by atoms with Gasteiger partial charge in [-0.3, -0.25) is 18.6 Å². The lowest BCUT2D eigenvalue weighted by Gasteiger charge is -2.19. The molecule has 0 aliphatic heterocycles. The van der Waals surface area contributed by atoms with Crippen LogP contribution in [0.1, 0.15) is 335 Å². The van der Waals surface area contributed by atoms with Crippen LogP contribution < -0.4 is 5.73 Å². The highest BCUT2D eigenvalue weighted by Crippen LogP contribution is 2.43. The highest BCUT2D eigenvalue weighted by atomic mass is 31.2. The topological polar surface area (TPSA) is 134 Å². The molecule has 0 amide bonds. The molecular formula is C79H138NO8P. The molecule has 89 heavy (non-hydrogen) atoms. The van der Waals surface area contributed by atoms with E-state index < -0.39 is 26.5 Å². The van der Waals surface area contributed by atoms with E-state index in [9.17, 15) is 19.0 Å². The molecule has 0 aliphatic rings. The molecule has 2 unspecified atom stereocenters. The molecule has 10 heteroatoms. The molecule has 0 aromatic heterocycles. The van der Waals surface area contributed by atoms with Gasteiger partial charge >= 0.3 is 19.8 Å². The number of hydrogen-bond acceptors (Lipinski definition) is 8. The molecule has 0 aromatic rings. The largest absolute Gasteiger partial charge is 0.472 e. The summed E-state index contributed by atoms with van der Waals surface area (Å²) >= 11 is 0. The number of unbranched alkanes of at least 4 members (excludes halogenated alkanes) is 36. The van der Waals surface area contributed by atoms with Crippen molar-refractivity contribution in [3.05, 3.63) is 122 Å². The van der Waals surface area contributed by atoms with Crippen LogP contribution in [0.5, 0.6) is 0 Å². The third kappa shape index (κ3) is 73.3. The number of nitrogens with two attached hydrogens (primary N) is 1. The Bertz CT molecular complexity index is 1880. The lowest BCUT2D eigenvalue weighted by Crippen LogP contribution is -2.29. The molecule has 2 atom stereocenters. The lowest BCUT2D eigenvalue weighted by atomic mass is 10.0. The van der Waals surface area contributed by atoms with Gasteiger partial charge in [-0.2, -0.15) is 0 Å². The first-order valence-corrected chi connectivity index (χ1v) is 38.5. The first-order chi connectivity index (χ1) is 43.8. The number of hydrogen-bond donors (Lipinski definition) is 2. The number of phosphoric acid groups is 1. The SMILES string of the molecule is CC/C=C\C/C=C\C/C=C\C/C=C\C/C=C\C/C=C\CCCCCCCCCCCCCCCCCCC(=O)OC(COC(=O)CCCCCCCCCCCCCCCCCCCCCC/C=C\C/C=C\C/C=C\C/C=C\CC)COP(=O)(O)OCCN. The van der Waals surface area contributed by atoms with Gasteiger partial charge in [0.2, 0.25) is 0 Å². The van der Waals surface area contributed by atoms with Gasteiger partial charge in [0.05, 0.1) is 13.2 Å². The fourth-order valence-corrected chi connectivity index (χ4v) is 11.2. The van der Waals surface area contributed by atoms with E-state index in [-0.39, 0.29) is 38.6 Å². The van der Waals surface area contributed by atoms with E-state index in [4.69, 9.17) is 24.3 Å². The second kappa shape index (κ2) is 73.5. The predicted octanol–water partition coefficient (Wildman–Crippen LogP) is 24.6. The summed E-state index contributed by atoms with van der Waals surface area (Å²) in [4.78, 5) is 35.4. The molecule has 0 heterocycles. The molecule has 0 aromatic carbocycles. The van der Waals surface area contributed by atoms with Crippen LogP contribution in [0.15, 0.2) is 122 Å². The van der Waals surface area contributed by atoms with Gasteiger partial charge in [0.1, 0.15) is 6.61 Å². The number of allylic oxidation sites excluding steroid dienone is 20. The summed E-state index contributed by atoms with van der Waals surface area (Å²) in [5, 5.41) is 0. The van der Waals surface area contributed by atoms with Gasteiger partial charge < -0.3 is 20.1 Å². The fraction of sp³-hybridized carbons (Fsp3) is 0.722. The molecule has 0 fully saturated rings. The lowest BCUT2D eigenvalue weighted by molar-refractivity contribution is -0.161. The smallest absolute Gasteiger partial charge is 0.462 e. The minimum atomic E-state index is -4.40. The van der Waals surface area contributed by atoms with Crippen molar-refractivity contribution in [3.63, 3.8) is 0 Å². The Kier molecular flexibility index (Phi) is 70.5. The number of phosphoric ester groups is 1. The maximum Gasteiger partial charge on any atom is 0.472 e. The van der Waals surface area contributed by atoms with E-state index in [0.29, 0.717) is 6.42 Å². The zero-order chi connectivity index (χ0) is 64.4. The number of esters is 2. The Balaban J connectivity index is 3.84. The Morgan fingerprint density at radius 2 is 0.584 bits per heavy atom. The summed E-state index contributed by atoms with van der Waals surface area (Å²) in [6, 6.07) is 0. The monoisotopic (exact) mass is 1260 g/mol. The molecule has 0 saturated heterocycles. The highest BCUT2D eigenvalue weighted by Gasteiger charge is 2.26. The van der Waals surface area contributed by atoms with Crippen molar-refractivity contribution in [2.45, 2.75) is 341 Å². The summed E-state index contributed by atoms with van der Waals surface area (Å²) in [7, 11) is -4.40. The van der Waals surface area contributed by atoms with E-state index in [2.05, 4.69) is 135 Å². The summed E-state index contributed by atoms with van der Waals surface area (Å²) in [6.45, 7) is 3.56. The molecular weight excluding hydrogens is 1120 g/mol. The molecule has 0 radical (unpaired) electrons.